The van der Waals surface area contributed by atoms with Gasteiger partial charge < -0.3 is 14.5 Å². The van der Waals surface area contributed by atoms with Crippen LogP contribution >= 0.6 is 0 Å². The van der Waals surface area contributed by atoms with Crippen molar-refractivity contribution in [2.24, 2.45) is 5.11 Å². The van der Waals surface area contributed by atoms with Crippen LogP contribution in [-0.2, 0) is 20.8 Å². The highest BCUT2D eigenvalue weighted by atomic mass is 16.5. The van der Waals surface area contributed by atoms with Gasteiger partial charge in [0.15, 0.2) is 0 Å². The average Bonchev–Trinajstić information content (AvgIpc) is 3.26. The molecule has 0 aliphatic carbocycles. The van der Waals surface area contributed by atoms with Gasteiger partial charge in [-0.2, -0.15) is 0 Å². The monoisotopic (exact) mass is 434 g/mol. The van der Waals surface area contributed by atoms with Gasteiger partial charge in [0.05, 0.1) is 7.11 Å². The lowest BCUT2D eigenvalue weighted by Gasteiger charge is -2.29. The number of benzene rings is 2. The third-order valence-electron chi connectivity index (χ3n) is 6.16. The number of carbonyl (C=O) groups is 3. The lowest BCUT2D eigenvalue weighted by Crippen LogP contribution is -2.53. The molecule has 164 valence electrons. The third-order valence-corrected chi connectivity index (χ3v) is 6.16. The molecular weight excluding hydrogens is 410 g/mol. The maximum absolute atomic E-state index is 13.1. The number of fused-ring (bicyclic) bond motifs is 2. The fourth-order valence-corrected chi connectivity index (χ4v) is 4.51. The van der Waals surface area contributed by atoms with Crippen molar-refractivity contribution < 1.29 is 23.8 Å². The van der Waals surface area contributed by atoms with Gasteiger partial charge in [-0.15, -0.1) is 0 Å². The molecule has 1 saturated heterocycles. The van der Waals surface area contributed by atoms with Gasteiger partial charge in [0.25, 0.3) is 18.7 Å². The van der Waals surface area contributed by atoms with Crippen LogP contribution in [-0.4, -0.2) is 66.9 Å². The van der Waals surface area contributed by atoms with Crippen LogP contribution in [0.3, 0.4) is 0 Å². The Morgan fingerprint density at radius 1 is 1.06 bits per heavy atom. The highest BCUT2D eigenvalue weighted by Crippen LogP contribution is 2.29. The number of nitrogens with zero attached hydrogens (tertiary/aromatic N) is 5. The van der Waals surface area contributed by atoms with Crippen molar-refractivity contribution in [1.29, 1.82) is 0 Å². The molecule has 1 atom stereocenters. The summed E-state index contributed by atoms with van der Waals surface area (Å²) in [5.74, 6) is -0.917. The highest BCUT2D eigenvalue weighted by molar-refractivity contribution is 6.32. The van der Waals surface area contributed by atoms with Gasteiger partial charge in [0.2, 0.25) is 0 Å². The van der Waals surface area contributed by atoms with Crippen molar-refractivity contribution in [3.63, 3.8) is 0 Å². The van der Waals surface area contributed by atoms with Crippen molar-refractivity contribution in [2.75, 3.05) is 43.1 Å². The zero-order valence-corrected chi connectivity index (χ0v) is 17.8. The molecule has 3 aliphatic rings. The Bertz CT molecular complexity index is 1110. The zero-order chi connectivity index (χ0) is 22.2. The molecule has 32 heavy (non-hydrogen) atoms. The Morgan fingerprint density at radius 2 is 1.81 bits per heavy atom. The molecule has 0 aromatic heterocycles. The van der Waals surface area contributed by atoms with Crippen LogP contribution in [0.2, 0.25) is 0 Å². The fourth-order valence-electron chi connectivity index (χ4n) is 4.51. The van der Waals surface area contributed by atoms with E-state index in [2.05, 4.69) is 5.11 Å². The molecule has 9 nitrogen and oxygen atoms in total. The number of anilines is 2. The number of para-hydroxylation sites is 1. The van der Waals surface area contributed by atoms with Crippen LogP contribution in [0.25, 0.3) is 0 Å². The van der Waals surface area contributed by atoms with Crippen LogP contribution in [0.4, 0.5) is 11.4 Å². The molecule has 0 radical (unpaired) electrons. The van der Waals surface area contributed by atoms with Gasteiger partial charge in [0.1, 0.15) is 5.75 Å². The van der Waals surface area contributed by atoms with Gasteiger partial charge >= 0.3 is 11.8 Å². The first-order valence-electron chi connectivity index (χ1n) is 10.7. The molecule has 0 spiro atoms. The van der Waals surface area contributed by atoms with Crippen LogP contribution in [0, 0.1) is 0 Å². The molecule has 2 aromatic rings. The number of amides is 3. The van der Waals surface area contributed by atoms with E-state index in [0.29, 0.717) is 19.6 Å². The number of aryl methyl sites for hydroxylation is 1. The SMILES string of the molecule is COc1ccc(N2CCN3C(=O)C(=O)[N+](CC(=O)N4CCCc5ccccc54)=NC32)cc1. The molecule has 1 fully saturated rings. The Hall–Kier alpha value is -3.75. The summed E-state index contributed by atoms with van der Waals surface area (Å²) in [5.41, 5.74) is 2.83. The summed E-state index contributed by atoms with van der Waals surface area (Å²) in [7, 11) is 1.60. The van der Waals surface area contributed by atoms with Crippen LogP contribution in [0.1, 0.15) is 12.0 Å². The Kier molecular flexibility index (Phi) is 5.08. The molecule has 0 bridgehead atoms. The summed E-state index contributed by atoms with van der Waals surface area (Å²) < 4.78 is 6.24. The fraction of sp³-hybridized carbons (Fsp3) is 0.348. The number of methoxy groups -OCH3 is 1. The number of azo groups is 2. The maximum atomic E-state index is 13.1. The Labute approximate surface area is 185 Å². The summed E-state index contributed by atoms with van der Waals surface area (Å²) in [6.07, 6.45) is 1.11. The molecule has 2 aromatic carbocycles. The van der Waals surface area contributed by atoms with Crippen LogP contribution < -0.4 is 14.5 Å². The standard InChI is InChI=1S/C23H24N5O4/c1-32-18-10-8-17(9-11-18)25-13-14-27-21(30)22(31)28(24-23(25)27)15-20(29)26-12-4-6-16-5-2-3-7-19(16)26/h2-3,5,7-11,23H,4,6,12-15H2,1H3/q+1. The van der Waals surface area contributed by atoms with Crippen molar-refractivity contribution in [3.05, 3.63) is 54.1 Å². The minimum atomic E-state index is -0.767. The average molecular weight is 434 g/mol. The molecular formula is C23H24N5O4+. The second-order valence-electron chi connectivity index (χ2n) is 7.99. The van der Waals surface area contributed by atoms with E-state index >= 15 is 0 Å². The molecule has 1 unspecified atom stereocenters. The van der Waals surface area contributed by atoms with Crippen LogP contribution in [0.15, 0.2) is 53.6 Å². The first-order valence-corrected chi connectivity index (χ1v) is 10.7. The van der Waals surface area contributed by atoms with E-state index in [0.717, 1.165) is 40.2 Å². The largest absolute Gasteiger partial charge is 0.502 e. The molecule has 0 N–H and O–H groups in total. The number of rotatable bonds is 4. The molecule has 9 heteroatoms. The maximum Gasteiger partial charge on any atom is 0.502 e. The summed E-state index contributed by atoms with van der Waals surface area (Å²) in [5, 5.41) is 4.50. The Morgan fingerprint density at radius 3 is 2.59 bits per heavy atom. The van der Waals surface area contributed by atoms with Crippen molar-refractivity contribution in [2.45, 2.75) is 19.1 Å². The van der Waals surface area contributed by atoms with Crippen molar-refractivity contribution in [3.8, 4) is 5.75 Å². The first-order chi connectivity index (χ1) is 15.6. The minimum Gasteiger partial charge on any atom is -0.497 e. The molecule has 0 saturated carbocycles. The van der Waals surface area contributed by atoms with Gasteiger partial charge in [-0.3, -0.25) is 14.5 Å². The topological polar surface area (TPSA) is 85.5 Å². The predicted molar refractivity (Wildman–Crippen MR) is 116 cm³/mol. The van der Waals surface area contributed by atoms with E-state index in [1.165, 1.54) is 4.90 Å². The summed E-state index contributed by atoms with van der Waals surface area (Å²) in [6.45, 7) is 1.26. The zero-order valence-electron chi connectivity index (χ0n) is 17.8. The number of ether oxygens (including phenoxy) is 1. The minimum absolute atomic E-state index is 0.246. The summed E-state index contributed by atoms with van der Waals surface area (Å²) in [4.78, 5) is 43.6. The van der Waals surface area contributed by atoms with E-state index in [-0.39, 0.29) is 12.5 Å². The lowest BCUT2D eigenvalue weighted by atomic mass is 10.0. The molecule has 3 heterocycles. The second-order valence-corrected chi connectivity index (χ2v) is 7.99. The first kappa shape index (κ1) is 20.2. The number of hydrogen-bond donors (Lipinski definition) is 0. The highest BCUT2D eigenvalue weighted by Gasteiger charge is 2.50. The quantitative estimate of drug-likeness (QED) is 0.539. The van der Waals surface area contributed by atoms with Gasteiger partial charge in [0, 0.05) is 36.1 Å². The van der Waals surface area contributed by atoms with Crippen molar-refractivity contribution in [1.82, 2.24) is 4.90 Å². The third kappa shape index (κ3) is 3.39. The van der Waals surface area contributed by atoms with Gasteiger partial charge in [-0.25, -0.2) is 4.79 Å². The summed E-state index contributed by atoms with van der Waals surface area (Å²) >= 11 is 0. The molecule has 3 amide bonds. The van der Waals surface area contributed by atoms with E-state index in [9.17, 15) is 14.4 Å². The van der Waals surface area contributed by atoms with Crippen molar-refractivity contribution >= 4 is 29.1 Å². The number of hydrogen-bond acceptors (Lipinski definition) is 6. The van der Waals surface area contributed by atoms with E-state index in [4.69, 9.17) is 4.74 Å². The van der Waals surface area contributed by atoms with Gasteiger partial charge in [-0.05, 0) is 53.4 Å². The molecule has 3 aliphatic heterocycles. The smallest absolute Gasteiger partial charge is 0.497 e. The molecule has 5 rings (SSSR count). The lowest BCUT2D eigenvalue weighted by molar-refractivity contribution is -0.509. The van der Waals surface area contributed by atoms with E-state index < -0.39 is 18.1 Å². The van der Waals surface area contributed by atoms with Crippen LogP contribution in [0.5, 0.6) is 5.75 Å². The Balaban J connectivity index is 1.40. The normalized spacial score (nSPS) is 20.1. The van der Waals surface area contributed by atoms with E-state index in [1.807, 2.05) is 53.4 Å². The number of carbonyl (C=O) groups excluding carboxylic acids is 3. The van der Waals surface area contributed by atoms with E-state index in [1.54, 1.807) is 12.0 Å². The second kappa shape index (κ2) is 8.07. The predicted octanol–water partition coefficient (Wildman–Crippen LogP) is 1.61. The van der Waals surface area contributed by atoms with Gasteiger partial charge in [-0.1, -0.05) is 18.2 Å². The summed E-state index contributed by atoms with van der Waals surface area (Å²) in [6, 6.07) is 15.2.